The van der Waals surface area contributed by atoms with Crippen molar-refractivity contribution in [2.75, 3.05) is 5.32 Å². The van der Waals surface area contributed by atoms with E-state index in [0.717, 1.165) is 15.9 Å². The van der Waals surface area contributed by atoms with E-state index in [4.69, 9.17) is 0 Å². The Kier molecular flexibility index (Phi) is 4.17. The minimum atomic E-state index is -0.338. The highest BCUT2D eigenvalue weighted by molar-refractivity contribution is 5.91. The highest BCUT2D eigenvalue weighted by Gasteiger charge is 2.08. The maximum absolute atomic E-state index is 12.3. The van der Waals surface area contributed by atoms with Crippen LogP contribution in [0.1, 0.15) is 5.69 Å². The van der Waals surface area contributed by atoms with Crippen molar-refractivity contribution in [3.8, 4) is 11.3 Å². The number of fused-ring (bicyclic) bond motifs is 1. The molecule has 0 aliphatic carbocycles. The first-order valence-corrected chi connectivity index (χ1v) is 8.21. The smallest absolute Gasteiger partial charge is 0.267 e. The largest absolute Gasteiger partial charge is 0.324 e. The van der Waals surface area contributed by atoms with E-state index in [1.165, 1.54) is 12.4 Å². The van der Waals surface area contributed by atoms with Gasteiger partial charge in [-0.2, -0.15) is 14.7 Å². The number of benzene rings is 1. The van der Waals surface area contributed by atoms with Gasteiger partial charge in [0.2, 0.25) is 5.91 Å². The van der Waals surface area contributed by atoms with Gasteiger partial charge in [-0.1, -0.05) is 12.1 Å². The lowest BCUT2D eigenvalue weighted by Gasteiger charge is -2.08. The van der Waals surface area contributed by atoms with Gasteiger partial charge >= 0.3 is 0 Å². The molecule has 0 saturated heterocycles. The molecule has 4 rings (SSSR count). The number of nitrogens with one attached hydrogen (secondary N) is 1. The molecular formula is C18H15N7O2. The van der Waals surface area contributed by atoms with Crippen molar-refractivity contribution in [1.82, 2.24) is 29.6 Å². The summed E-state index contributed by atoms with van der Waals surface area (Å²) in [5.74, 6) is -0.338. The Morgan fingerprint density at radius 1 is 1.11 bits per heavy atom. The van der Waals surface area contributed by atoms with Crippen LogP contribution in [0.5, 0.6) is 0 Å². The van der Waals surface area contributed by atoms with Crippen molar-refractivity contribution in [2.45, 2.75) is 13.5 Å². The van der Waals surface area contributed by atoms with Gasteiger partial charge in [-0.25, -0.2) is 4.68 Å². The Bertz CT molecular complexity index is 1200. The molecule has 3 heterocycles. The van der Waals surface area contributed by atoms with Gasteiger partial charge in [-0.05, 0) is 37.3 Å². The molecule has 3 aromatic heterocycles. The lowest BCUT2D eigenvalue weighted by Crippen LogP contribution is -2.29. The molecule has 0 saturated carbocycles. The first-order chi connectivity index (χ1) is 13.1. The Balaban J connectivity index is 1.54. The second kappa shape index (κ2) is 6.79. The zero-order chi connectivity index (χ0) is 18.8. The van der Waals surface area contributed by atoms with E-state index in [-0.39, 0.29) is 18.0 Å². The van der Waals surface area contributed by atoms with E-state index in [9.17, 15) is 9.59 Å². The van der Waals surface area contributed by atoms with Gasteiger partial charge in [-0.15, -0.1) is 10.2 Å². The zero-order valence-electron chi connectivity index (χ0n) is 14.4. The van der Waals surface area contributed by atoms with E-state index >= 15 is 0 Å². The standard InChI is InChI=1S/C18H15N7O2/c1-12-5-8-18(27)24(22-12)10-17(26)20-14-4-2-3-13(9-14)15-6-7-16-21-19-11-25(16)23-15/h2-9,11H,10H2,1H3,(H,20,26). The third kappa shape index (κ3) is 3.56. The Morgan fingerprint density at radius 3 is 2.89 bits per heavy atom. The minimum Gasteiger partial charge on any atom is -0.324 e. The molecule has 4 aromatic rings. The average Bonchev–Trinajstić information content (AvgIpc) is 3.12. The number of rotatable bonds is 4. The molecule has 0 aliphatic rings. The summed E-state index contributed by atoms with van der Waals surface area (Å²) in [6, 6.07) is 13.9. The van der Waals surface area contributed by atoms with Crippen LogP contribution >= 0.6 is 0 Å². The van der Waals surface area contributed by atoms with E-state index in [0.29, 0.717) is 17.0 Å². The van der Waals surface area contributed by atoms with Crippen LogP contribution in [0.4, 0.5) is 5.69 Å². The summed E-state index contributed by atoms with van der Waals surface area (Å²) in [5.41, 5.74) is 3.14. The van der Waals surface area contributed by atoms with Gasteiger partial charge in [0.05, 0.1) is 11.4 Å². The number of amides is 1. The van der Waals surface area contributed by atoms with Gasteiger partial charge in [-0.3, -0.25) is 9.59 Å². The van der Waals surface area contributed by atoms with Crippen molar-refractivity contribution in [3.05, 3.63) is 70.9 Å². The number of aryl methyl sites for hydroxylation is 1. The molecule has 1 amide bonds. The Hall–Kier alpha value is -3.88. The number of aromatic nitrogens is 6. The third-order valence-electron chi connectivity index (χ3n) is 3.90. The highest BCUT2D eigenvalue weighted by atomic mass is 16.2. The molecule has 0 radical (unpaired) electrons. The first-order valence-electron chi connectivity index (χ1n) is 8.21. The molecule has 0 aliphatic heterocycles. The number of nitrogens with zero attached hydrogens (tertiary/aromatic N) is 6. The van der Waals surface area contributed by atoms with E-state index < -0.39 is 0 Å². The van der Waals surface area contributed by atoms with Crippen molar-refractivity contribution < 1.29 is 4.79 Å². The van der Waals surface area contributed by atoms with Crippen LogP contribution in [0.2, 0.25) is 0 Å². The quantitative estimate of drug-likeness (QED) is 0.587. The Labute approximate surface area is 153 Å². The van der Waals surface area contributed by atoms with Crippen LogP contribution in [0, 0.1) is 6.92 Å². The fourth-order valence-electron chi connectivity index (χ4n) is 2.64. The third-order valence-corrected chi connectivity index (χ3v) is 3.90. The minimum absolute atomic E-state index is 0.157. The summed E-state index contributed by atoms with van der Waals surface area (Å²) < 4.78 is 2.71. The molecule has 27 heavy (non-hydrogen) atoms. The SMILES string of the molecule is Cc1ccc(=O)n(CC(=O)Nc2cccc(-c3ccc4nncn4n3)c2)n1. The second-order valence-electron chi connectivity index (χ2n) is 5.95. The predicted molar refractivity (Wildman–Crippen MR) is 98.1 cm³/mol. The normalized spacial score (nSPS) is 10.9. The number of anilines is 1. The molecule has 0 spiro atoms. The lowest BCUT2D eigenvalue weighted by molar-refractivity contribution is -0.117. The van der Waals surface area contributed by atoms with Crippen LogP contribution in [0.25, 0.3) is 16.9 Å². The highest BCUT2D eigenvalue weighted by Crippen LogP contribution is 2.21. The monoisotopic (exact) mass is 361 g/mol. The van der Waals surface area contributed by atoms with Gasteiger partial charge in [0.15, 0.2) is 5.65 Å². The molecule has 134 valence electrons. The fraction of sp³-hybridized carbons (Fsp3) is 0.111. The summed E-state index contributed by atoms with van der Waals surface area (Å²) in [7, 11) is 0. The van der Waals surface area contributed by atoms with Gasteiger partial charge < -0.3 is 5.32 Å². The van der Waals surface area contributed by atoms with Crippen LogP contribution in [-0.2, 0) is 11.3 Å². The van der Waals surface area contributed by atoms with Crippen molar-refractivity contribution in [1.29, 1.82) is 0 Å². The second-order valence-corrected chi connectivity index (χ2v) is 5.95. The lowest BCUT2D eigenvalue weighted by atomic mass is 10.1. The zero-order valence-corrected chi connectivity index (χ0v) is 14.4. The van der Waals surface area contributed by atoms with Crippen LogP contribution < -0.4 is 10.9 Å². The fourth-order valence-corrected chi connectivity index (χ4v) is 2.64. The molecule has 1 N–H and O–H groups in total. The van der Waals surface area contributed by atoms with Gasteiger partial charge in [0, 0.05) is 17.3 Å². The maximum Gasteiger partial charge on any atom is 0.267 e. The average molecular weight is 361 g/mol. The van der Waals surface area contributed by atoms with E-state index in [1.807, 2.05) is 30.3 Å². The molecule has 9 heteroatoms. The summed E-state index contributed by atoms with van der Waals surface area (Å²) >= 11 is 0. The first kappa shape index (κ1) is 16.6. The number of hydrogen-bond donors (Lipinski definition) is 1. The predicted octanol–water partition coefficient (Wildman–Crippen LogP) is 1.30. The molecular weight excluding hydrogens is 346 g/mol. The summed E-state index contributed by atoms with van der Waals surface area (Å²) in [6.45, 7) is 1.60. The maximum atomic E-state index is 12.3. The Morgan fingerprint density at radius 2 is 2.00 bits per heavy atom. The number of hydrogen-bond acceptors (Lipinski definition) is 6. The molecule has 0 unspecified atom stereocenters. The topological polar surface area (TPSA) is 107 Å². The van der Waals surface area contributed by atoms with Gasteiger partial charge in [0.1, 0.15) is 12.9 Å². The van der Waals surface area contributed by atoms with Crippen molar-refractivity contribution in [2.24, 2.45) is 0 Å². The van der Waals surface area contributed by atoms with Gasteiger partial charge in [0.25, 0.3) is 5.56 Å². The van der Waals surface area contributed by atoms with Crippen LogP contribution in [-0.4, -0.2) is 35.5 Å². The molecule has 0 atom stereocenters. The molecule has 0 bridgehead atoms. The number of carbonyl (C=O) groups excluding carboxylic acids is 1. The van der Waals surface area contributed by atoms with Crippen LogP contribution in [0.3, 0.4) is 0 Å². The number of carbonyl (C=O) groups is 1. The summed E-state index contributed by atoms with van der Waals surface area (Å²) in [6.07, 6.45) is 1.52. The van der Waals surface area contributed by atoms with Crippen molar-refractivity contribution >= 4 is 17.2 Å². The van der Waals surface area contributed by atoms with E-state index in [2.05, 4.69) is 25.7 Å². The summed E-state index contributed by atoms with van der Waals surface area (Å²) in [4.78, 5) is 24.1. The molecule has 1 aromatic carbocycles. The summed E-state index contributed by atoms with van der Waals surface area (Å²) in [5, 5.41) is 19.0. The molecule has 9 nitrogen and oxygen atoms in total. The van der Waals surface area contributed by atoms with Crippen molar-refractivity contribution in [3.63, 3.8) is 0 Å². The van der Waals surface area contributed by atoms with Crippen LogP contribution in [0.15, 0.2) is 59.7 Å². The molecule has 0 fully saturated rings. The van der Waals surface area contributed by atoms with E-state index in [1.54, 1.807) is 23.6 Å².